The van der Waals surface area contributed by atoms with E-state index in [2.05, 4.69) is 26.8 Å². The van der Waals surface area contributed by atoms with E-state index in [9.17, 15) is 0 Å². The summed E-state index contributed by atoms with van der Waals surface area (Å²) in [5, 5.41) is 0. The molecule has 0 aliphatic heterocycles. The molecular weight excluding hydrogens is 226 g/mol. The van der Waals surface area contributed by atoms with Gasteiger partial charge < -0.3 is 15.2 Å². The van der Waals surface area contributed by atoms with E-state index in [1.165, 1.54) is 11.1 Å². The zero-order chi connectivity index (χ0) is 13.7. The molecule has 0 fully saturated rings. The first kappa shape index (κ1) is 14.8. The Balaban J connectivity index is 3.27. The lowest BCUT2D eigenvalue weighted by molar-refractivity contribution is 0.384. The Bertz CT molecular complexity index is 388. The number of benzene rings is 1. The Morgan fingerprint density at radius 3 is 2.00 bits per heavy atom. The molecule has 0 aliphatic carbocycles. The zero-order valence-electron chi connectivity index (χ0n) is 12.1. The first-order valence-corrected chi connectivity index (χ1v) is 6.51. The summed E-state index contributed by atoms with van der Waals surface area (Å²) in [5.41, 5.74) is 8.08. The van der Waals surface area contributed by atoms with Crippen LogP contribution in [-0.2, 0) is 0 Å². The van der Waals surface area contributed by atoms with Crippen molar-refractivity contribution in [3.8, 4) is 11.5 Å². The van der Waals surface area contributed by atoms with Crippen molar-refractivity contribution >= 4 is 0 Å². The van der Waals surface area contributed by atoms with E-state index in [0.717, 1.165) is 17.9 Å². The second-order valence-corrected chi connectivity index (χ2v) is 4.97. The van der Waals surface area contributed by atoms with Gasteiger partial charge in [-0.2, -0.15) is 0 Å². The third-order valence-electron chi connectivity index (χ3n) is 3.33. The standard InChI is InChI=1S/C15H25NO2/c1-10(2)12-8-13(11(3)6-7-16)15(18-5)9-14(12)17-4/h8-11H,6-7,16H2,1-5H3. The normalized spacial score (nSPS) is 12.6. The average Bonchev–Trinajstić information content (AvgIpc) is 2.37. The highest BCUT2D eigenvalue weighted by molar-refractivity contribution is 5.49. The first-order chi connectivity index (χ1) is 8.54. The lowest BCUT2D eigenvalue weighted by Crippen LogP contribution is -2.07. The van der Waals surface area contributed by atoms with Crippen LogP contribution in [0.3, 0.4) is 0 Å². The average molecular weight is 251 g/mol. The molecule has 0 saturated heterocycles. The van der Waals surface area contributed by atoms with E-state index in [-0.39, 0.29) is 0 Å². The van der Waals surface area contributed by atoms with Crippen LogP contribution in [0.15, 0.2) is 12.1 Å². The van der Waals surface area contributed by atoms with Crippen LogP contribution in [0.1, 0.15) is 50.2 Å². The molecule has 3 nitrogen and oxygen atoms in total. The van der Waals surface area contributed by atoms with E-state index < -0.39 is 0 Å². The number of hydrogen-bond donors (Lipinski definition) is 1. The SMILES string of the molecule is COc1cc(OC)c(C(C)CCN)cc1C(C)C. The molecule has 0 spiro atoms. The number of hydrogen-bond acceptors (Lipinski definition) is 3. The maximum Gasteiger partial charge on any atom is 0.126 e. The smallest absolute Gasteiger partial charge is 0.126 e. The van der Waals surface area contributed by atoms with Crippen molar-refractivity contribution in [2.45, 2.75) is 39.0 Å². The highest BCUT2D eigenvalue weighted by atomic mass is 16.5. The van der Waals surface area contributed by atoms with Gasteiger partial charge in [-0.1, -0.05) is 20.8 Å². The van der Waals surface area contributed by atoms with Gasteiger partial charge in [0.05, 0.1) is 14.2 Å². The number of methoxy groups -OCH3 is 2. The van der Waals surface area contributed by atoms with Gasteiger partial charge in [-0.15, -0.1) is 0 Å². The number of ether oxygens (including phenoxy) is 2. The van der Waals surface area contributed by atoms with Crippen LogP contribution < -0.4 is 15.2 Å². The van der Waals surface area contributed by atoms with Crippen LogP contribution in [0.2, 0.25) is 0 Å². The van der Waals surface area contributed by atoms with Gasteiger partial charge >= 0.3 is 0 Å². The van der Waals surface area contributed by atoms with Crippen LogP contribution in [-0.4, -0.2) is 20.8 Å². The monoisotopic (exact) mass is 251 g/mol. The van der Waals surface area contributed by atoms with Crippen LogP contribution in [0, 0.1) is 0 Å². The number of nitrogens with two attached hydrogens (primary N) is 1. The summed E-state index contributed by atoms with van der Waals surface area (Å²) in [7, 11) is 3.39. The third-order valence-corrected chi connectivity index (χ3v) is 3.33. The molecule has 3 heteroatoms. The Hall–Kier alpha value is -1.22. The van der Waals surface area contributed by atoms with Gasteiger partial charge in [0.15, 0.2) is 0 Å². The Kier molecular flexibility index (Phi) is 5.48. The first-order valence-electron chi connectivity index (χ1n) is 6.51. The van der Waals surface area contributed by atoms with E-state index in [4.69, 9.17) is 15.2 Å². The molecule has 102 valence electrons. The van der Waals surface area contributed by atoms with Crippen LogP contribution in [0.25, 0.3) is 0 Å². The minimum atomic E-state index is 0.397. The highest BCUT2D eigenvalue weighted by Gasteiger charge is 2.17. The van der Waals surface area contributed by atoms with Crippen molar-refractivity contribution in [3.05, 3.63) is 23.3 Å². The highest BCUT2D eigenvalue weighted by Crippen LogP contribution is 2.37. The molecule has 1 unspecified atom stereocenters. The molecule has 2 N–H and O–H groups in total. The predicted octanol–water partition coefficient (Wildman–Crippen LogP) is 3.28. The van der Waals surface area contributed by atoms with Crippen molar-refractivity contribution in [1.82, 2.24) is 0 Å². The lowest BCUT2D eigenvalue weighted by atomic mass is 9.91. The largest absolute Gasteiger partial charge is 0.496 e. The van der Waals surface area contributed by atoms with Crippen molar-refractivity contribution in [1.29, 1.82) is 0 Å². The lowest BCUT2D eigenvalue weighted by Gasteiger charge is -2.20. The summed E-state index contributed by atoms with van der Waals surface area (Å²) in [4.78, 5) is 0. The summed E-state index contributed by atoms with van der Waals surface area (Å²) in [6.07, 6.45) is 0.959. The van der Waals surface area contributed by atoms with Gasteiger partial charge in [0.25, 0.3) is 0 Å². The minimum Gasteiger partial charge on any atom is -0.496 e. The fraction of sp³-hybridized carbons (Fsp3) is 0.600. The molecule has 18 heavy (non-hydrogen) atoms. The molecule has 0 saturated carbocycles. The molecule has 0 amide bonds. The van der Waals surface area contributed by atoms with Gasteiger partial charge in [-0.05, 0) is 42.0 Å². The van der Waals surface area contributed by atoms with Crippen LogP contribution in [0.5, 0.6) is 11.5 Å². The van der Waals surface area contributed by atoms with Gasteiger partial charge in [-0.3, -0.25) is 0 Å². The van der Waals surface area contributed by atoms with E-state index in [1.807, 2.05) is 6.07 Å². The zero-order valence-corrected chi connectivity index (χ0v) is 12.1. The molecular formula is C15H25NO2. The van der Waals surface area contributed by atoms with Gasteiger partial charge in [0, 0.05) is 6.07 Å². The summed E-state index contributed by atoms with van der Waals surface area (Å²) in [5.74, 6) is 2.60. The molecule has 0 bridgehead atoms. The summed E-state index contributed by atoms with van der Waals surface area (Å²) in [6.45, 7) is 7.21. The van der Waals surface area contributed by atoms with E-state index in [0.29, 0.717) is 18.4 Å². The number of rotatable bonds is 6. The van der Waals surface area contributed by atoms with Crippen LogP contribution in [0.4, 0.5) is 0 Å². The van der Waals surface area contributed by atoms with Crippen molar-refractivity contribution in [2.75, 3.05) is 20.8 Å². The topological polar surface area (TPSA) is 44.5 Å². The Labute approximate surface area is 110 Å². The molecule has 1 rings (SSSR count). The summed E-state index contributed by atoms with van der Waals surface area (Å²) < 4.78 is 10.9. The molecule has 0 aromatic heterocycles. The second-order valence-electron chi connectivity index (χ2n) is 4.97. The molecule has 1 aromatic rings. The van der Waals surface area contributed by atoms with Crippen molar-refractivity contribution in [2.24, 2.45) is 5.73 Å². The predicted molar refractivity (Wildman–Crippen MR) is 75.7 cm³/mol. The fourth-order valence-electron chi connectivity index (χ4n) is 2.19. The van der Waals surface area contributed by atoms with E-state index >= 15 is 0 Å². The third kappa shape index (κ3) is 3.16. The van der Waals surface area contributed by atoms with Gasteiger partial charge in [-0.25, -0.2) is 0 Å². The summed E-state index contributed by atoms with van der Waals surface area (Å²) >= 11 is 0. The maximum atomic E-state index is 5.65. The Morgan fingerprint density at radius 1 is 1.00 bits per heavy atom. The molecule has 0 aliphatic rings. The minimum absolute atomic E-state index is 0.397. The molecule has 1 aromatic carbocycles. The summed E-state index contributed by atoms with van der Waals surface area (Å²) in [6, 6.07) is 4.18. The quantitative estimate of drug-likeness (QED) is 0.844. The van der Waals surface area contributed by atoms with Crippen LogP contribution >= 0.6 is 0 Å². The van der Waals surface area contributed by atoms with Gasteiger partial charge in [0.2, 0.25) is 0 Å². The van der Waals surface area contributed by atoms with Crippen molar-refractivity contribution < 1.29 is 9.47 Å². The second kappa shape index (κ2) is 6.64. The maximum absolute atomic E-state index is 5.65. The Morgan fingerprint density at radius 2 is 1.56 bits per heavy atom. The molecule has 0 heterocycles. The van der Waals surface area contributed by atoms with E-state index in [1.54, 1.807) is 14.2 Å². The fourth-order valence-corrected chi connectivity index (χ4v) is 2.19. The molecule has 1 atom stereocenters. The van der Waals surface area contributed by atoms with Crippen molar-refractivity contribution in [3.63, 3.8) is 0 Å². The molecule has 0 radical (unpaired) electrons. The van der Waals surface area contributed by atoms with Gasteiger partial charge in [0.1, 0.15) is 11.5 Å².